The highest BCUT2D eigenvalue weighted by molar-refractivity contribution is 5.89. The van der Waals surface area contributed by atoms with Gasteiger partial charge in [-0.2, -0.15) is 26.3 Å². The van der Waals surface area contributed by atoms with E-state index in [1.807, 2.05) is 0 Å². The lowest BCUT2D eigenvalue weighted by atomic mass is 10.0. The molecule has 0 aromatic heterocycles. The average molecular weight is 312 g/mol. The van der Waals surface area contributed by atoms with Gasteiger partial charge in [0.25, 0.3) is 0 Å². The Morgan fingerprint density at radius 1 is 0.750 bits per heavy atom. The molecule has 2 nitrogen and oxygen atoms in total. The fourth-order valence-electron chi connectivity index (χ4n) is 1.35. The zero-order chi connectivity index (χ0) is 16.0. The Balaban J connectivity index is 4.00. The minimum atomic E-state index is -5.98. The van der Waals surface area contributed by atoms with E-state index in [9.17, 15) is 44.3 Å². The van der Waals surface area contributed by atoms with E-state index in [-0.39, 0.29) is 0 Å². The second-order valence-corrected chi connectivity index (χ2v) is 3.37. The third-order valence-electron chi connectivity index (χ3n) is 2.10. The summed E-state index contributed by atoms with van der Waals surface area (Å²) in [5, 5.41) is 8.28. The quantitative estimate of drug-likeness (QED) is 0.800. The minimum absolute atomic E-state index is 2.54. The van der Waals surface area contributed by atoms with Gasteiger partial charge in [-0.05, 0) is 0 Å². The lowest BCUT2D eigenvalue weighted by Crippen LogP contribution is -2.23. The van der Waals surface area contributed by atoms with E-state index in [4.69, 9.17) is 5.11 Å². The molecular formula is C9HF9O2. The van der Waals surface area contributed by atoms with Gasteiger partial charge >= 0.3 is 18.3 Å². The van der Waals surface area contributed by atoms with Crippen molar-refractivity contribution >= 4 is 5.97 Å². The van der Waals surface area contributed by atoms with Crippen LogP contribution in [-0.4, -0.2) is 11.1 Å². The number of carboxylic acids is 1. The van der Waals surface area contributed by atoms with E-state index in [0.717, 1.165) is 0 Å². The van der Waals surface area contributed by atoms with Crippen LogP contribution in [0.25, 0.3) is 0 Å². The molecule has 0 aliphatic carbocycles. The highest BCUT2D eigenvalue weighted by Crippen LogP contribution is 2.42. The molecule has 0 amide bonds. The summed E-state index contributed by atoms with van der Waals surface area (Å²) in [6, 6.07) is 0. The number of hydrogen-bond acceptors (Lipinski definition) is 1. The van der Waals surface area contributed by atoms with E-state index in [2.05, 4.69) is 0 Å². The Labute approximate surface area is 103 Å². The van der Waals surface area contributed by atoms with Crippen LogP contribution in [0, 0.1) is 17.5 Å². The lowest BCUT2D eigenvalue weighted by Gasteiger charge is -2.17. The van der Waals surface area contributed by atoms with E-state index in [0.29, 0.717) is 0 Å². The van der Waals surface area contributed by atoms with Crippen LogP contribution >= 0.6 is 0 Å². The molecule has 0 atom stereocenters. The molecule has 0 unspecified atom stereocenters. The molecule has 20 heavy (non-hydrogen) atoms. The van der Waals surface area contributed by atoms with Crippen molar-refractivity contribution in [3.05, 3.63) is 34.1 Å². The Bertz CT molecular complexity index is 529. The van der Waals surface area contributed by atoms with Crippen molar-refractivity contribution in [3.8, 4) is 0 Å². The van der Waals surface area contributed by atoms with E-state index in [1.165, 1.54) is 0 Å². The van der Waals surface area contributed by atoms with Crippen LogP contribution in [0.15, 0.2) is 0 Å². The monoisotopic (exact) mass is 312 g/mol. The van der Waals surface area contributed by atoms with Crippen molar-refractivity contribution in [1.82, 2.24) is 0 Å². The summed E-state index contributed by atoms with van der Waals surface area (Å²) >= 11 is 0. The molecule has 0 aliphatic heterocycles. The Morgan fingerprint density at radius 2 is 1.05 bits per heavy atom. The van der Waals surface area contributed by atoms with Gasteiger partial charge in [-0.25, -0.2) is 18.0 Å². The van der Waals surface area contributed by atoms with Crippen molar-refractivity contribution in [2.24, 2.45) is 0 Å². The van der Waals surface area contributed by atoms with Gasteiger partial charge < -0.3 is 5.11 Å². The first-order chi connectivity index (χ1) is 8.80. The Kier molecular flexibility index (Phi) is 3.68. The Morgan fingerprint density at radius 3 is 1.25 bits per heavy atom. The molecule has 0 saturated carbocycles. The fourth-order valence-corrected chi connectivity index (χ4v) is 1.35. The van der Waals surface area contributed by atoms with Gasteiger partial charge in [0.1, 0.15) is 16.7 Å². The first kappa shape index (κ1) is 16.1. The smallest absolute Gasteiger partial charge is 0.422 e. The summed E-state index contributed by atoms with van der Waals surface area (Å²) in [4.78, 5) is 10.4. The third-order valence-corrected chi connectivity index (χ3v) is 2.10. The maximum Gasteiger partial charge on any atom is 0.422 e. The van der Waals surface area contributed by atoms with Gasteiger partial charge in [-0.1, -0.05) is 0 Å². The van der Waals surface area contributed by atoms with Gasteiger partial charge in [0, 0.05) is 0 Å². The summed E-state index contributed by atoms with van der Waals surface area (Å²) in [7, 11) is 0. The van der Waals surface area contributed by atoms with Crippen LogP contribution in [-0.2, 0) is 12.4 Å². The van der Waals surface area contributed by atoms with E-state index in [1.54, 1.807) is 0 Å². The van der Waals surface area contributed by atoms with Crippen LogP contribution in [0.3, 0.4) is 0 Å². The number of rotatable bonds is 1. The number of hydrogen-bond donors (Lipinski definition) is 1. The predicted molar refractivity (Wildman–Crippen MR) is 43.3 cm³/mol. The Hall–Kier alpha value is -1.94. The van der Waals surface area contributed by atoms with Gasteiger partial charge in [0.15, 0.2) is 17.5 Å². The fraction of sp³-hybridized carbons (Fsp3) is 0.222. The molecule has 11 heteroatoms. The highest BCUT2D eigenvalue weighted by atomic mass is 19.4. The molecule has 0 bridgehead atoms. The van der Waals surface area contributed by atoms with Crippen molar-refractivity contribution in [3.63, 3.8) is 0 Å². The zero-order valence-corrected chi connectivity index (χ0v) is 8.76. The van der Waals surface area contributed by atoms with Gasteiger partial charge in [-0.3, -0.25) is 0 Å². The molecular weight excluding hydrogens is 311 g/mol. The van der Waals surface area contributed by atoms with Crippen LogP contribution in [0.1, 0.15) is 21.5 Å². The molecule has 0 heterocycles. The highest BCUT2D eigenvalue weighted by Gasteiger charge is 2.49. The zero-order valence-electron chi connectivity index (χ0n) is 8.76. The van der Waals surface area contributed by atoms with Crippen LogP contribution < -0.4 is 0 Å². The van der Waals surface area contributed by atoms with Crippen LogP contribution in [0.5, 0.6) is 0 Å². The van der Waals surface area contributed by atoms with Gasteiger partial charge in [-0.15, -0.1) is 0 Å². The van der Waals surface area contributed by atoms with Gasteiger partial charge in [0.2, 0.25) is 0 Å². The third kappa shape index (κ3) is 2.51. The van der Waals surface area contributed by atoms with Crippen LogP contribution in [0.2, 0.25) is 0 Å². The molecule has 0 saturated heterocycles. The van der Waals surface area contributed by atoms with Gasteiger partial charge in [0.05, 0.1) is 0 Å². The molecule has 0 radical (unpaired) electrons. The van der Waals surface area contributed by atoms with E-state index >= 15 is 0 Å². The number of benzene rings is 1. The number of carbonyl (C=O) groups is 1. The second kappa shape index (κ2) is 4.56. The number of aromatic carboxylic acids is 1. The summed E-state index contributed by atoms with van der Waals surface area (Å²) in [5.74, 6) is -11.9. The standard InChI is InChI=1S/C9HF9O2/c10-4-1(7(19)20)5(11)3(9(16,17)18)6(12)2(4)8(13,14)15/h(H,19,20). The van der Waals surface area contributed by atoms with Crippen molar-refractivity contribution in [2.75, 3.05) is 0 Å². The maximum absolute atomic E-state index is 13.2. The first-order valence-corrected chi connectivity index (χ1v) is 4.38. The summed E-state index contributed by atoms with van der Waals surface area (Å²) in [5.41, 5.74) is -8.78. The summed E-state index contributed by atoms with van der Waals surface area (Å²) in [6.45, 7) is 0. The molecule has 1 rings (SSSR count). The predicted octanol–water partition coefficient (Wildman–Crippen LogP) is 3.84. The largest absolute Gasteiger partial charge is 0.477 e. The number of alkyl halides is 6. The normalized spacial score (nSPS) is 12.7. The van der Waals surface area contributed by atoms with Crippen LogP contribution in [0.4, 0.5) is 39.5 Å². The minimum Gasteiger partial charge on any atom is -0.477 e. The summed E-state index contributed by atoms with van der Waals surface area (Å²) < 4.78 is 113. The number of halogens is 9. The van der Waals surface area contributed by atoms with Crippen molar-refractivity contribution in [2.45, 2.75) is 12.4 Å². The molecule has 0 spiro atoms. The molecule has 1 N–H and O–H groups in total. The number of carboxylic acid groups (broad SMARTS) is 1. The van der Waals surface area contributed by atoms with E-state index < -0.39 is 52.5 Å². The SMILES string of the molecule is O=C(O)c1c(F)c(C(F)(F)F)c(F)c(C(F)(F)F)c1F. The average Bonchev–Trinajstić information content (AvgIpc) is 2.09. The first-order valence-electron chi connectivity index (χ1n) is 4.38. The molecule has 1 aromatic rings. The maximum atomic E-state index is 13.2. The molecule has 112 valence electrons. The van der Waals surface area contributed by atoms with Crippen molar-refractivity contribution in [1.29, 1.82) is 0 Å². The van der Waals surface area contributed by atoms with Crippen molar-refractivity contribution < 1.29 is 49.4 Å². The topological polar surface area (TPSA) is 37.3 Å². The molecule has 1 aromatic carbocycles. The second-order valence-electron chi connectivity index (χ2n) is 3.37. The molecule has 0 fully saturated rings. The summed E-state index contributed by atoms with van der Waals surface area (Å²) in [6.07, 6.45) is -12.0. The lowest BCUT2D eigenvalue weighted by molar-refractivity contribution is -0.150. The molecule has 0 aliphatic rings.